The van der Waals surface area contributed by atoms with Crippen molar-refractivity contribution in [3.63, 3.8) is 0 Å². The summed E-state index contributed by atoms with van der Waals surface area (Å²) in [7, 11) is 0. The Kier molecular flexibility index (Phi) is 3.08. The fourth-order valence-corrected chi connectivity index (χ4v) is 1.83. The van der Waals surface area contributed by atoms with Gasteiger partial charge in [0, 0.05) is 19.3 Å². The van der Waals surface area contributed by atoms with E-state index in [1.54, 1.807) is 4.57 Å². The van der Waals surface area contributed by atoms with Crippen molar-refractivity contribution in [2.45, 2.75) is 6.54 Å². The van der Waals surface area contributed by atoms with Crippen molar-refractivity contribution in [1.82, 2.24) is 14.5 Å². The molecule has 0 aliphatic rings. The summed E-state index contributed by atoms with van der Waals surface area (Å²) in [6.07, 6.45) is 2.97. The maximum atomic E-state index is 10.7. The molecular weight excluding hydrogens is 260 g/mol. The Hall–Kier alpha value is -2.83. The van der Waals surface area contributed by atoms with Gasteiger partial charge in [0.25, 0.3) is 6.01 Å². The summed E-state index contributed by atoms with van der Waals surface area (Å²) in [5.74, 6) is -1.03. The van der Waals surface area contributed by atoms with Crippen molar-refractivity contribution >= 4 is 23.1 Å². The second-order valence-corrected chi connectivity index (χ2v) is 4.22. The lowest BCUT2D eigenvalue weighted by molar-refractivity contribution is 0.0691. The first-order valence-corrected chi connectivity index (χ1v) is 6.07. The van der Waals surface area contributed by atoms with Crippen molar-refractivity contribution in [2.75, 3.05) is 11.9 Å². The molecule has 7 nitrogen and oxygen atoms in total. The van der Waals surface area contributed by atoms with Crippen LogP contribution in [0.15, 0.2) is 41.2 Å². The van der Waals surface area contributed by atoms with E-state index in [9.17, 15) is 4.79 Å². The maximum Gasteiger partial charge on any atom is 0.356 e. The fraction of sp³-hybridized carbons (Fsp3) is 0.154. The number of nitrogens with zero attached hydrogens (tertiary/aromatic N) is 3. The lowest BCUT2D eigenvalue weighted by Crippen LogP contribution is -2.09. The lowest BCUT2D eigenvalue weighted by Gasteiger charge is -2.01. The van der Waals surface area contributed by atoms with Crippen LogP contribution in [0.3, 0.4) is 0 Å². The van der Waals surface area contributed by atoms with Gasteiger partial charge in [-0.1, -0.05) is 12.1 Å². The number of carboxylic acids is 1. The molecule has 0 aliphatic carbocycles. The Balaban J connectivity index is 1.60. The number of anilines is 1. The van der Waals surface area contributed by atoms with Crippen LogP contribution in [-0.4, -0.2) is 32.2 Å². The summed E-state index contributed by atoms with van der Waals surface area (Å²) in [6.45, 7) is 1.13. The average molecular weight is 272 g/mol. The number of aromatic carboxylic acids is 1. The molecule has 0 aliphatic heterocycles. The highest BCUT2D eigenvalue weighted by molar-refractivity contribution is 5.84. The van der Waals surface area contributed by atoms with Crippen molar-refractivity contribution in [2.24, 2.45) is 0 Å². The van der Waals surface area contributed by atoms with Crippen molar-refractivity contribution in [1.29, 1.82) is 0 Å². The lowest BCUT2D eigenvalue weighted by atomic mass is 10.3. The summed E-state index contributed by atoms with van der Waals surface area (Å²) in [5.41, 5.74) is 1.56. The predicted octanol–water partition coefficient (Wildman–Crippen LogP) is 1.83. The molecule has 0 unspecified atom stereocenters. The largest absolute Gasteiger partial charge is 0.476 e. The number of benzene rings is 1. The second-order valence-electron chi connectivity index (χ2n) is 4.22. The molecule has 2 heterocycles. The maximum absolute atomic E-state index is 10.7. The van der Waals surface area contributed by atoms with E-state index < -0.39 is 5.97 Å². The molecule has 20 heavy (non-hydrogen) atoms. The van der Waals surface area contributed by atoms with E-state index >= 15 is 0 Å². The van der Waals surface area contributed by atoms with Gasteiger partial charge in [-0.15, -0.1) is 0 Å². The Morgan fingerprint density at radius 3 is 3.00 bits per heavy atom. The van der Waals surface area contributed by atoms with Gasteiger partial charge in [0.15, 0.2) is 11.3 Å². The molecule has 0 radical (unpaired) electrons. The predicted molar refractivity (Wildman–Crippen MR) is 71.7 cm³/mol. The third kappa shape index (κ3) is 2.46. The molecule has 0 saturated carbocycles. The monoisotopic (exact) mass is 272 g/mol. The molecule has 0 spiro atoms. The van der Waals surface area contributed by atoms with Gasteiger partial charge < -0.3 is 19.4 Å². The highest BCUT2D eigenvalue weighted by Crippen LogP contribution is 2.17. The quantitative estimate of drug-likeness (QED) is 0.736. The number of fused-ring (bicyclic) bond motifs is 1. The Morgan fingerprint density at radius 2 is 2.25 bits per heavy atom. The molecule has 0 amide bonds. The fourth-order valence-electron chi connectivity index (χ4n) is 1.83. The Labute approximate surface area is 113 Å². The normalized spacial score (nSPS) is 10.8. The molecule has 0 atom stereocenters. The van der Waals surface area contributed by atoms with E-state index in [4.69, 9.17) is 9.52 Å². The summed E-state index contributed by atoms with van der Waals surface area (Å²) in [6, 6.07) is 7.95. The van der Waals surface area contributed by atoms with Gasteiger partial charge in [0.1, 0.15) is 5.52 Å². The number of carbonyl (C=O) groups is 1. The van der Waals surface area contributed by atoms with Gasteiger partial charge in [-0.05, 0) is 12.1 Å². The molecule has 7 heteroatoms. The minimum absolute atomic E-state index is 0.0341. The standard InChI is InChI=1S/C13H12N4O3/c18-12(19)10-7-17(8-15-10)6-5-14-13-16-9-3-1-2-4-11(9)20-13/h1-4,7-8H,5-6H2,(H,14,16)(H,18,19). The van der Waals surface area contributed by atoms with Gasteiger partial charge in [-0.25, -0.2) is 9.78 Å². The SMILES string of the molecule is O=C(O)c1cn(CCNc2nc3ccccc3o2)cn1. The topological polar surface area (TPSA) is 93.2 Å². The van der Waals surface area contributed by atoms with E-state index in [0.29, 0.717) is 19.1 Å². The minimum atomic E-state index is -1.03. The van der Waals surface area contributed by atoms with E-state index in [-0.39, 0.29) is 5.69 Å². The summed E-state index contributed by atoms with van der Waals surface area (Å²) in [4.78, 5) is 18.7. The van der Waals surface area contributed by atoms with E-state index in [0.717, 1.165) is 11.1 Å². The zero-order valence-electron chi connectivity index (χ0n) is 10.5. The summed E-state index contributed by atoms with van der Waals surface area (Å²) >= 11 is 0. The number of carboxylic acid groups (broad SMARTS) is 1. The number of aromatic nitrogens is 3. The molecule has 0 fully saturated rings. The number of nitrogens with one attached hydrogen (secondary N) is 1. The van der Waals surface area contributed by atoms with Crippen LogP contribution in [0, 0.1) is 0 Å². The van der Waals surface area contributed by atoms with Crippen LogP contribution >= 0.6 is 0 Å². The minimum Gasteiger partial charge on any atom is -0.476 e. The van der Waals surface area contributed by atoms with Crippen LogP contribution in [0.5, 0.6) is 0 Å². The number of rotatable bonds is 5. The molecule has 1 aromatic carbocycles. The van der Waals surface area contributed by atoms with Crippen molar-refractivity contribution in [3.05, 3.63) is 42.5 Å². The molecule has 0 bridgehead atoms. The van der Waals surface area contributed by atoms with Gasteiger partial charge >= 0.3 is 5.97 Å². The Morgan fingerprint density at radius 1 is 1.40 bits per heavy atom. The van der Waals surface area contributed by atoms with Gasteiger partial charge in [-0.2, -0.15) is 4.98 Å². The summed E-state index contributed by atoms with van der Waals surface area (Å²) in [5, 5.41) is 11.8. The second kappa shape index (κ2) is 5.04. The van der Waals surface area contributed by atoms with Gasteiger partial charge in [-0.3, -0.25) is 0 Å². The smallest absolute Gasteiger partial charge is 0.356 e. The number of imidazole rings is 1. The molecule has 102 valence electrons. The number of oxazole rings is 1. The van der Waals surface area contributed by atoms with Crippen LogP contribution in [0.1, 0.15) is 10.5 Å². The van der Waals surface area contributed by atoms with Gasteiger partial charge in [0.05, 0.1) is 6.33 Å². The van der Waals surface area contributed by atoms with Crippen LogP contribution in [0.2, 0.25) is 0 Å². The van der Waals surface area contributed by atoms with E-state index in [1.165, 1.54) is 12.5 Å². The van der Waals surface area contributed by atoms with Crippen LogP contribution in [0.25, 0.3) is 11.1 Å². The number of hydrogen-bond donors (Lipinski definition) is 2. The highest BCUT2D eigenvalue weighted by atomic mass is 16.4. The average Bonchev–Trinajstić information content (AvgIpc) is 3.04. The first-order chi connectivity index (χ1) is 9.72. The number of hydrogen-bond acceptors (Lipinski definition) is 5. The van der Waals surface area contributed by atoms with Crippen LogP contribution in [0.4, 0.5) is 6.01 Å². The van der Waals surface area contributed by atoms with Crippen molar-refractivity contribution in [3.8, 4) is 0 Å². The van der Waals surface area contributed by atoms with Crippen LogP contribution in [-0.2, 0) is 6.54 Å². The third-order valence-electron chi connectivity index (χ3n) is 2.79. The first kappa shape index (κ1) is 12.2. The molecule has 2 N–H and O–H groups in total. The number of para-hydroxylation sites is 2. The third-order valence-corrected chi connectivity index (χ3v) is 2.79. The molecule has 0 saturated heterocycles. The summed E-state index contributed by atoms with van der Waals surface area (Å²) < 4.78 is 7.20. The highest BCUT2D eigenvalue weighted by Gasteiger charge is 2.07. The molecule has 2 aromatic heterocycles. The zero-order valence-corrected chi connectivity index (χ0v) is 10.5. The molecule has 3 rings (SSSR count). The van der Waals surface area contributed by atoms with Crippen LogP contribution < -0.4 is 5.32 Å². The molecular formula is C13H12N4O3. The Bertz CT molecular complexity index is 714. The van der Waals surface area contributed by atoms with E-state index in [1.807, 2.05) is 24.3 Å². The van der Waals surface area contributed by atoms with E-state index in [2.05, 4.69) is 15.3 Å². The molecule has 3 aromatic rings. The first-order valence-electron chi connectivity index (χ1n) is 6.07. The van der Waals surface area contributed by atoms with Gasteiger partial charge in [0.2, 0.25) is 0 Å². The zero-order chi connectivity index (χ0) is 13.9. The van der Waals surface area contributed by atoms with Crippen molar-refractivity contribution < 1.29 is 14.3 Å².